The highest BCUT2D eigenvalue weighted by Gasteiger charge is 2.51. The first-order valence-electron chi connectivity index (χ1n) is 13.1. The van der Waals surface area contributed by atoms with Crippen LogP contribution in [0.25, 0.3) is 0 Å². The molecule has 1 amide bonds. The third-order valence-corrected chi connectivity index (χ3v) is 7.77. The summed E-state index contributed by atoms with van der Waals surface area (Å²) in [5.74, 6) is 0.690. The van der Waals surface area contributed by atoms with Crippen LogP contribution in [0.15, 0.2) is 78.9 Å². The Morgan fingerprint density at radius 3 is 1.79 bits per heavy atom. The number of rotatable bonds is 9. The highest BCUT2D eigenvalue weighted by Crippen LogP contribution is 2.43. The van der Waals surface area contributed by atoms with E-state index in [1.54, 1.807) is 0 Å². The summed E-state index contributed by atoms with van der Waals surface area (Å²) in [5, 5.41) is 0. The minimum atomic E-state index is -2.02. The van der Waals surface area contributed by atoms with Gasteiger partial charge in [-0.3, -0.25) is 4.90 Å². The number of carbonyl (C=O) groups excluding carboxylic acids is 2. The van der Waals surface area contributed by atoms with E-state index in [-0.39, 0.29) is 0 Å². The average molecular weight is 564 g/mol. The molecule has 3 aromatic carbocycles. The van der Waals surface area contributed by atoms with Gasteiger partial charge in [-0.1, -0.05) is 66.7 Å². The summed E-state index contributed by atoms with van der Waals surface area (Å²) in [6.45, 7) is 12.6. The van der Waals surface area contributed by atoms with Gasteiger partial charge in [-0.05, 0) is 68.1 Å². The molecule has 0 spiro atoms. The second kappa shape index (κ2) is 11.3. The van der Waals surface area contributed by atoms with Gasteiger partial charge in [0.25, 0.3) is 0 Å². The van der Waals surface area contributed by atoms with Crippen LogP contribution in [-0.2, 0) is 14.3 Å². The van der Waals surface area contributed by atoms with Crippen molar-refractivity contribution in [3.63, 3.8) is 0 Å². The molecule has 0 aliphatic carbocycles. The molecule has 39 heavy (non-hydrogen) atoms. The van der Waals surface area contributed by atoms with Crippen molar-refractivity contribution < 1.29 is 27.9 Å². The van der Waals surface area contributed by atoms with E-state index in [0.717, 1.165) is 11.1 Å². The number of benzene rings is 3. The normalized spacial score (nSPS) is 17.6. The predicted molar refractivity (Wildman–Crippen MR) is 156 cm³/mol. The van der Waals surface area contributed by atoms with Gasteiger partial charge < -0.3 is 18.3 Å². The van der Waals surface area contributed by atoms with Crippen LogP contribution in [-0.4, -0.2) is 46.7 Å². The van der Waals surface area contributed by atoms with Crippen molar-refractivity contribution in [2.24, 2.45) is 0 Å². The largest absolute Gasteiger partial charge is 0.542 e. The van der Waals surface area contributed by atoms with Crippen LogP contribution in [0.2, 0.25) is 39.3 Å². The fourth-order valence-corrected chi connectivity index (χ4v) is 6.32. The first kappa shape index (κ1) is 28.4. The molecule has 0 aromatic heterocycles. The summed E-state index contributed by atoms with van der Waals surface area (Å²) >= 11 is 0. The standard InChI is InChI=1S/C30H37NO6Si2/c1-34-29(32)27-28(23-18-19-24(36-38(2,3)4)25(20-23)37-39(5,6)7)35-30(33)31(27)26(21-14-10-8-11-15-21)22-16-12-9-13-17-22/h8-20,26-28H,1-7H3. The van der Waals surface area contributed by atoms with Gasteiger partial charge in [0.05, 0.1) is 13.2 Å². The molecule has 0 N–H and O–H groups in total. The van der Waals surface area contributed by atoms with Crippen molar-refractivity contribution in [2.75, 3.05) is 7.11 Å². The van der Waals surface area contributed by atoms with Gasteiger partial charge in [-0.2, -0.15) is 0 Å². The molecule has 2 unspecified atom stereocenters. The monoisotopic (exact) mass is 563 g/mol. The molecule has 9 heteroatoms. The molecule has 7 nitrogen and oxygen atoms in total. The van der Waals surface area contributed by atoms with Crippen LogP contribution < -0.4 is 8.85 Å². The fraction of sp³-hybridized carbons (Fsp3) is 0.333. The first-order chi connectivity index (χ1) is 18.4. The molecular weight excluding hydrogens is 527 g/mol. The Hall–Kier alpha value is -3.57. The number of methoxy groups -OCH3 is 1. The summed E-state index contributed by atoms with van der Waals surface area (Å²) in [4.78, 5) is 28.4. The lowest BCUT2D eigenvalue weighted by atomic mass is 9.94. The van der Waals surface area contributed by atoms with E-state index in [1.165, 1.54) is 12.0 Å². The molecule has 0 saturated carbocycles. The lowest BCUT2D eigenvalue weighted by Crippen LogP contribution is -2.43. The summed E-state index contributed by atoms with van der Waals surface area (Å²) in [6.07, 6.45) is -1.49. The number of carbonyl (C=O) groups is 2. The van der Waals surface area contributed by atoms with Crippen molar-refractivity contribution in [2.45, 2.75) is 57.5 Å². The molecule has 1 aliphatic heterocycles. The Balaban J connectivity index is 1.82. The van der Waals surface area contributed by atoms with Crippen LogP contribution in [0.1, 0.15) is 28.8 Å². The van der Waals surface area contributed by atoms with Gasteiger partial charge in [0, 0.05) is 0 Å². The third kappa shape index (κ3) is 6.72. The van der Waals surface area contributed by atoms with Gasteiger partial charge in [0.15, 0.2) is 12.1 Å². The molecule has 1 aliphatic rings. The smallest absolute Gasteiger partial charge is 0.412 e. The van der Waals surface area contributed by atoms with Crippen LogP contribution in [0.3, 0.4) is 0 Å². The Kier molecular flexibility index (Phi) is 8.22. The zero-order valence-corrected chi connectivity index (χ0v) is 25.6. The van der Waals surface area contributed by atoms with Crippen molar-refractivity contribution in [1.29, 1.82) is 0 Å². The minimum absolute atomic E-state index is 0.554. The molecule has 0 radical (unpaired) electrons. The predicted octanol–water partition coefficient (Wildman–Crippen LogP) is 6.94. The third-order valence-electron chi connectivity index (χ3n) is 6.11. The zero-order valence-electron chi connectivity index (χ0n) is 23.6. The highest BCUT2D eigenvalue weighted by molar-refractivity contribution is 6.71. The van der Waals surface area contributed by atoms with E-state index in [4.69, 9.17) is 18.3 Å². The molecular formula is C30H37NO6Si2. The van der Waals surface area contributed by atoms with Crippen molar-refractivity contribution in [3.8, 4) is 11.5 Å². The number of amides is 1. The molecule has 1 fully saturated rings. The number of hydrogen-bond donors (Lipinski definition) is 0. The second-order valence-corrected chi connectivity index (χ2v) is 20.4. The zero-order chi connectivity index (χ0) is 28.4. The van der Waals surface area contributed by atoms with Crippen molar-refractivity contribution in [1.82, 2.24) is 4.90 Å². The molecule has 1 heterocycles. The Morgan fingerprint density at radius 2 is 1.31 bits per heavy atom. The van der Waals surface area contributed by atoms with Gasteiger partial charge in [0.2, 0.25) is 16.6 Å². The topological polar surface area (TPSA) is 74.3 Å². The molecule has 1 saturated heterocycles. The maximum absolute atomic E-state index is 13.6. The van der Waals surface area contributed by atoms with Crippen molar-refractivity contribution in [3.05, 3.63) is 95.6 Å². The van der Waals surface area contributed by atoms with Gasteiger partial charge in [-0.15, -0.1) is 0 Å². The van der Waals surface area contributed by atoms with E-state index < -0.39 is 46.9 Å². The van der Waals surface area contributed by atoms with Gasteiger partial charge in [-0.25, -0.2) is 9.59 Å². The Labute approximate surface area is 232 Å². The van der Waals surface area contributed by atoms with Gasteiger partial charge in [0.1, 0.15) is 11.5 Å². The molecule has 206 valence electrons. The summed E-state index contributed by atoms with van der Waals surface area (Å²) in [5.41, 5.74) is 2.35. The summed E-state index contributed by atoms with van der Waals surface area (Å²) < 4.78 is 23.9. The first-order valence-corrected chi connectivity index (χ1v) is 19.9. The maximum atomic E-state index is 13.6. The quantitative estimate of drug-likeness (QED) is 0.207. The van der Waals surface area contributed by atoms with E-state index in [0.29, 0.717) is 17.1 Å². The van der Waals surface area contributed by atoms with Gasteiger partial charge >= 0.3 is 12.1 Å². The van der Waals surface area contributed by atoms with E-state index in [1.807, 2.05) is 78.9 Å². The van der Waals surface area contributed by atoms with Crippen LogP contribution in [0.5, 0.6) is 11.5 Å². The highest BCUT2D eigenvalue weighted by atomic mass is 28.4. The van der Waals surface area contributed by atoms with Crippen molar-refractivity contribution >= 4 is 28.7 Å². The van der Waals surface area contributed by atoms with Crippen LogP contribution in [0.4, 0.5) is 4.79 Å². The van der Waals surface area contributed by atoms with E-state index >= 15 is 0 Å². The minimum Gasteiger partial charge on any atom is -0.542 e. The Bertz CT molecular complexity index is 1270. The molecule has 3 aromatic rings. The summed E-state index contributed by atoms with van der Waals surface area (Å²) in [7, 11) is -2.63. The lowest BCUT2D eigenvalue weighted by Gasteiger charge is -2.31. The Morgan fingerprint density at radius 1 is 0.795 bits per heavy atom. The lowest BCUT2D eigenvalue weighted by molar-refractivity contribution is -0.147. The number of nitrogens with zero attached hydrogens (tertiary/aromatic N) is 1. The summed E-state index contributed by atoms with van der Waals surface area (Å²) in [6, 6.07) is 23.2. The molecule has 0 bridgehead atoms. The average Bonchev–Trinajstić information content (AvgIpc) is 3.21. The molecule has 4 rings (SSSR count). The van der Waals surface area contributed by atoms with Crippen LogP contribution >= 0.6 is 0 Å². The number of hydrogen-bond acceptors (Lipinski definition) is 6. The van der Waals surface area contributed by atoms with E-state index in [2.05, 4.69) is 39.3 Å². The second-order valence-electron chi connectivity index (χ2n) is 11.5. The fourth-order valence-electron chi connectivity index (χ4n) is 4.68. The number of esters is 1. The SMILES string of the molecule is COC(=O)C1C(c2ccc(O[Si](C)(C)C)c(O[Si](C)(C)C)c2)OC(=O)N1C(c1ccccc1)c1ccccc1. The number of ether oxygens (including phenoxy) is 2. The number of cyclic esters (lactones) is 1. The molecule has 2 atom stereocenters. The van der Waals surface area contributed by atoms with E-state index in [9.17, 15) is 9.59 Å². The van der Waals surface area contributed by atoms with Crippen LogP contribution in [0, 0.1) is 0 Å². The maximum Gasteiger partial charge on any atom is 0.412 e.